The molecule has 2 N–H and O–H groups in total. The number of anilines is 1. The average Bonchev–Trinajstić information content (AvgIpc) is 3.20. The molecule has 0 spiro atoms. The molecule has 0 unspecified atom stereocenters. The van der Waals surface area contributed by atoms with Crippen LogP contribution < -0.4 is 14.8 Å². The Kier molecular flexibility index (Phi) is 5.42. The van der Waals surface area contributed by atoms with Crippen molar-refractivity contribution < 1.29 is 17.9 Å². The quantitative estimate of drug-likeness (QED) is 0.708. The van der Waals surface area contributed by atoms with Gasteiger partial charge in [0, 0.05) is 28.7 Å². The van der Waals surface area contributed by atoms with E-state index in [4.69, 9.17) is 4.74 Å². The second-order valence-corrected chi connectivity index (χ2v) is 9.25. The molecule has 0 saturated carbocycles. The lowest BCUT2D eigenvalue weighted by Gasteiger charge is -2.18. The summed E-state index contributed by atoms with van der Waals surface area (Å²) in [7, 11) is -3.68. The minimum Gasteiger partial charge on any atom is -0.488 e. The molecule has 0 fully saturated rings. The van der Waals surface area contributed by atoms with Gasteiger partial charge < -0.3 is 10.1 Å². The van der Waals surface area contributed by atoms with Gasteiger partial charge in [0.2, 0.25) is 0 Å². The minimum absolute atomic E-state index is 0.115. The number of hydrogen-bond acceptors (Lipinski definition) is 5. The Morgan fingerprint density at radius 2 is 1.93 bits per heavy atom. The number of aliphatic imine (C=N–C) groups is 1. The number of nitrogens with zero attached hydrogens (tertiary/aromatic N) is 1. The van der Waals surface area contributed by atoms with Crippen LogP contribution in [-0.4, -0.2) is 33.3 Å². The number of ether oxygens (including phenoxy) is 1. The molecule has 0 atom stereocenters. The van der Waals surface area contributed by atoms with Gasteiger partial charge >= 0.3 is 0 Å². The highest BCUT2D eigenvalue weighted by Crippen LogP contribution is 2.29. The summed E-state index contributed by atoms with van der Waals surface area (Å²) in [6.07, 6.45) is 3.26. The first-order chi connectivity index (χ1) is 13.9. The standard InChI is InChI=1S/C20H18BrN3O4S/c21-15-3-8-18-13(11-15)10-14(12-28-18)20(25)23-16-4-6-17(7-5-16)29(26,27)24-19-2-1-9-22-19/h3-8,10-11H,1-2,9,12H2,(H,22,24)(H,23,25). The van der Waals surface area contributed by atoms with Crippen molar-refractivity contribution in [1.29, 1.82) is 0 Å². The fraction of sp³-hybridized carbons (Fsp3) is 0.200. The third-order valence-electron chi connectivity index (χ3n) is 4.53. The van der Waals surface area contributed by atoms with Crippen LogP contribution in [0, 0.1) is 0 Å². The lowest BCUT2D eigenvalue weighted by molar-refractivity contribution is -0.113. The Morgan fingerprint density at radius 3 is 2.66 bits per heavy atom. The van der Waals surface area contributed by atoms with Crippen molar-refractivity contribution in [3.63, 3.8) is 0 Å². The third kappa shape index (κ3) is 4.51. The second kappa shape index (κ2) is 8.00. The lowest BCUT2D eigenvalue weighted by atomic mass is 10.1. The molecule has 0 bridgehead atoms. The molecule has 9 heteroatoms. The van der Waals surface area contributed by atoms with E-state index in [0.717, 1.165) is 22.2 Å². The van der Waals surface area contributed by atoms with Gasteiger partial charge in [0.05, 0.1) is 10.5 Å². The topological polar surface area (TPSA) is 96.9 Å². The Balaban J connectivity index is 1.45. The predicted octanol–water partition coefficient (Wildman–Crippen LogP) is 3.33. The van der Waals surface area contributed by atoms with E-state index in [1.54, 1.807) is 18.2 Å². The highest BCUT2D eigenvalue weighted by molar-refractivity contribution is 9.10. The molecular formula is C20H18BrN3O4S. The van der Waals surface area contributed by atoms with E-state index in [1.165, 1.54) is 12.1 Å². The zero-order chi connectivity index (χ0) is 20.4. The maximum absolute atomic E-state index is 12.6. The predicted molar refractivity (Wildman–Crippen MR) is 115 cm³/mol. The van der Waals surface area contributed by atoms with Crippen molar-refractivity contribution in [2.75, 3.05) is 18.5 Å². The van der Waals surface area contributed by atoms with Gasteiger partial charge in [-0.15, -0.1) is 0 Å². The number of nitrogens with one attached hydrogen (secondary N) is 2. The van der Waals surface area contributed by atoms with Crippen LogP contribution in [0.3, 0.4) is 0 Å². The van der Waals surface area contributed by atoms with Crippen molar-refractivity contribution in [2.45, 2.75) is 17.7 Å². The molecule has 4 rings (SSSR count). The largest absolute Gasteiger partial charge is 0.488 e. The van der Waals surface area contributed by atoms with Gasteiger partial charge in [0.15, 0.2) is 0 Å². The number of amides is 1. The van der Waals surface area contributed by atoms with Gasteiger partial charge in [-0.3, -0.25) is 14.5 Å². The van der Waals surface area contributed by atoms with E-state index in [2.05, 4.69) is 31.0 Å². The van der Waals surface area contributed by atoms with Crippen LogP contribution >= 0.6 is 15.9 Å². The van der Waals surface area contributed by atoms with Crippen molar-refractivity contribution in [2.24, 2.45) is 4.99 Å². The summed E-state index contributed by atoms with van der Waals surface area (Å²) in [4.78, 5) is 16.8. The number of hydrogen-bond donors (Lipinski definition) is 2. The highest BCUT2D eigenvalue weighted by atomic mass is 79.9. The maximum atomic E-state index is 12.6. The fourth-order valence-corrected chi connectivity index (χ4v) is 4.51. The fourth-order valence-electron chi connectivity index (χ4n) is 3.05. The highest BCUT2D eigenvalue weighted by Gasteiger charge is 2.20. The van der Waals surface area contributed by atoms with E-state index < -0.39 is 10.0 Å². The van der Waals surface area contributed by atoms with Gasteiger partial charge in [0.25, 0.3) is 15.9 Å². The molecule has 150 valence electrons. The van der Waals surface area contributed by atoms with Gasteiger partial charge in [-0.2, -0.15) is 0 Å². The van der Waals surface area contributed by atoms with E-state index >= 15 is 0 Å². The van der Waals surface area contributed by atoms with Crippen molar-refractivity contribution in [1.82, 2.24) is 4.72 Å². The van der Waals surface area contributed by atoms with Gasteiger partial charge in [-0.25, -0.2) is 8.42 Å². The van der Waals surface area contributed by atoms with Gasteiger partial charge in [0.1, 0.15) is 18.2 Å². The third-order valence-corrected chi connectivity index (χ3v) is 6.42. The summed E-state index contributed by atoms with van der Waals surface area (Å²) in [5.41, 5.74) is 1.79. The number of halogens is 1. The second-order valence-electron chi connectivity index (χ2n) is 6.66. The summed E-state index contributed by atoms with van der Waals surface area (Å²) in [6, 6.07) is 11.6. The van der Waals surface area contributed by atoms with Gasteiger partial charge in [-0.05, 0) is 55.0 Å². The number of carbonyl (C=O) groups is 1. The van der Waals surface area contributed by atoms with Crippen LogP contribution in [0.1, 0.15) is 18.4 Å². The van der Waals surface area contributed by atoms with Gasteiger partial charge in [-0.1, -0.05) is 15.9 Å². The summed E-state index contributed by atoms with van der Waals surface area (Å²) < 4.78 is 33.8. The summed E-state index contributed by atoms with van der Waals surface area (Å²) in [5, 5.41) is 2.77. The molecule has 2 aromatic carbocycles. The van der Waals surface area contributed by atoms with Crippen molar-refractivity contribution in [3.8, 4) is 5.75 Å². The first kappa shape index (κ1) is 19.7. The molecule has 2 aliphatic heterocycles. The maximum Gasteiger partial charge on any atom is 0.262 e. The minimum atomic E-state index is -3.68. The van der Waals surface area contributed by atoms with E-state index in [9.17, 15) is 13.2 Å². The Labute approximate surface area is 177 Å². The molecule has 0 saturated heterocycles. The Bertz CT molecular complexity index is 1120. The average molecular weight is 476 g/mol. The van der Waals surface area contributed by atoms with Crippen LogP contribution in [0.25, 0.3) is 6.08 Å². The normalized spacial score (nSPS) is 15.6. The molecule has 29 heavy (non-hydrogen) atoms. The van der Waals surface area contributed by atoms with Crippen molar-refractivity contribution in [3.05, 3.63) is 58.1 Å². The number of benzene rings is 2. The zero-order valence-corrected chi connectivity index (χ0v) is 17.7. The van der Waals surface area contributed by atoms with Crippen LogP contribution in [0.5, 0.6) is 5.75 Å². The van der Waals surface area contributed by atoms with Crippen LogP contribution in [0.15, 0.2) is 62.4 Å². The van der Waals surface area contributed by atoms with Crippen LogP contribution in [-0.2, 0) is 14.8 Å². The first-order valence-corrected chi connectivity index (χ1v) is 11.3. The smallest absolute Gasteiger partial charge is 0.262 e. The molecule has 2 aromatic rings. The Morgan fingerprint density at radius 1 is 1.14 bits per heavy atom. The van der Waals surface area contributed by atoms with E-state index in [0.29, 0.717) is 30.1 Å². The number of rotatable bonds is 4. The van der Waals surface area contributed by atoms with E-state index in [-0.39, 0.29) is 17.4 Å². The van der Waals surface area contributed by atoms with Crippen molar-refractivity contribution >= 4 is 49.5 Å². The number of amidine groups is 1. The first-order valence-electron chi connectivity index (χ1n) is 9.01. The molecule has 7 nitrogen and oxygen atoms in total. The molecule has 0 aromatic heterocycles. The summed E-state index contributed by atoms with van der Waals surface area (Å²) in [6.45, 7) is 0.808. The lowest BCUT2D eigenvalue weighted by Crippen LogP contribution is -2.29. The summed E-state index contributed by atoms with van der Waals surface area (Å²) in [5.74, 6) is 0.905. The van der Waals surface area contributed by atoms with E-state index in [1.807, 2.05) is 18.2 Å². The number of fused-ring (bicyclic) bond motifs is 1. The Hall–Kier alpha value is -2.65. The molecule has 0 aliphatic carbocycles. The molecule has 2 aliphatic rings. The van der Waals surface area contributed by atoms with Crippen LogP contribution in [0.4, 0.5) is 5.69 Å². The molecule has 2 heterocycles. The monoisotopic (exact) mass is 475 g/mol. The summed E-state index contributed by atoms with van der Waals surface area (Å²) >= 11 is 3.40. The number of sulfonamides is 1. The number of carbonyl (C=O) groups excluding carboxylic acids is 1. The SMILES string of the molecule is O=C(Nc1ccc(S(=O)(=O)NC2=NCCC2)cc1)C1=Cc2cc(Br)ccc2OC1. The molecule has 1 amide bonds. The van der Waals surface area contributed by atoms with Crippen LogP contribution in [0.2, 0.25) is 0 Å². The molecule has 0 radical (unpaired) electrons. The zero-order valence-electron chi connectivity index (χ0n) is 15.3. The molecular weight excluding hydrogens is 458 g/mol.